The van der Waals surface area contributed by atoms with E-state index < -0.39 is 10.8 Å². The summed E-state index contributed by atoms with van der Waals surface area (Å²) in [6, 6.07) is 4.30. The van der Waals surface area contributed by atoms with Gasteiger partial charge in [-0.25, -0.2) is 9.97 Å². The van der Waals surface area contributed by atoms with Crippen molar-refractivity contribution >= 4 is 28.9 Å². The summed E-state index contributed by atoms with van der Waals surface area (Å²) in [5.41, 5.74) is 0.990. The summed E-state index contributed by atoms with van der Waals surface area (Å²) in [5.74, 6) is -0.470. The number of hydrogen-bond donors (Lipinski definition) is 1. The molecule has 0 aliphatic carbocycles. The van der Waals surface area contributed by atoms with E-state index in [1.54, 1.807) is 6.92 Å². The number of amides is 1. The second-order valence-corrected chi connectivity index (χ2v) is 4.32. The van der Waals surface area contributed by atoms with Gasteiger partial charge in [0.05, 0.1) is 17.3 Å². The molecule has 2 rings (SSSR count). The second kappa shape index (κ2) is 5.62. The van der Waals surface area contributed by atoms with Crippen molar-refractivity contribution in [2.45, 2.75) is 6.92 Å². The van der Waals surface area contributed by atoms with Crippen molar-refractivity contribution in [1.29, 1.82) is 0 Å². The standard InChI is InChI=1S/C12H9ClN4O3/c1-7-4-8(2-3-10(7)17(19)20)16-12(18)9-5-15-11(13)6-14-9/h2-6H,1H3,(H,16,18). The van der Waals surface area contributed by atoms with Gasteiger partial charge in [-0.05, 0) is 19.1 Å². The van der Waals surface area contributed by atoms with E-state index in [4.69, 9.17) is 11.6 Å². The van der Waals surface area contributed by atoms with E-state index in [1.165, 1.54) is 30.6 Å². The maximum Gasteiger partial charge on any atom is 0.275 e. The van der Waals surface area contributed by atoms with Crippen LogP contribution in [0.2, 0.25) is 5.15 Å². The molecule has 1 amide bonds. The summed E-state index contributed by atoms with van der Waals surface area (Å²) in [4.78, 5) is 29.7. The summed E-state index contributed by atoms with van der Waals surface area (Å²) in [6.45, 7) is 1.59. The Morgan fingerprint density at radius 1 is 1.35 bits per heavy atom. The molecule has 0 radical (unpaired) electrons. The summed E-state index contributed by atoms with van der Waals surface area (Å²) in [7, 11) is 0. The molecule has 1 aromatic carbocycles. The van der Waals surface area contributed by atoms with Gasteiger partial charge in [0.25, 0.3) is 11.6 Å². The van der Waals surface area contributed by atoms with Crippen LogP contribution in [0.5, 0.6) is 0 Å². The fraction of sp³-hybridized carbons (Fsp3) is 0.0833. The Hall–Kier alpha value is -2.54. The highest BCUT2D eigenvalue weighted by molar-refractivity contribution is 6.29. The van der Waals surface area contributed by atoms with Gasteiger partial charge in [0.1, 0.15) is 10.8 Å². The van der Waals surface area contributed by atoms with Crippen LogP contribution in [-0.4, -0.2) is 20.8 Å². The highest BCUT2D eigenvalue weighted by Gasteiger charge is 2.13. The van der Waals surface area contributed by atoms with Crippen molar-refractivity contribution in [3.8, 4) is 0 Å². The smallest absolute Gasteiger partial charge is 0.275 e. The van der Waals surface area contributed by atoms with Crippen molar-refractivity contribution in [1.82, 2.24) is 9.97 Å². The first-order valence-electron chi connectivity index (χ1n) is 5.51. The van der Waals surface area contributed by atoms with Crippen LogP contribution in [0.3, 0.4) is 0 Å². The average Bonchev–Trinajstić information content (AvgIpc) is 2.39. The van der Waals surface area contributed by atoms with E-state index in [-0.39, 0.29) is 16.5 Å². The minimum absolute atomic E-state index is 0.00529. The van der Waals surface area contributed by atoms with Crippen molar-refractivity contribution in [3.63, 3.8) is 0 Å². The first kappa shape index (κ1) is 13.9. The first-order valence-corrected chi connectivity index (χ1v) is 5.89. The highest BCUT2D eigenvalue weighted by atomic mass is 35.5. The average molecular weight is 293 g/mol. The second-order valence-electron chi connectivity index (χ2n) is 3.94. The lowest BCUT2D eigenvalue weighted by atomic mass is 10.2. The maximum atomic E-state index is 11.9. The Morgan fingerprint density at radius 2 is 2.10 bits per heavy atom. The molecule has 0 unspecified atom stereocenters. The number of carbonyl (C=O) groups excluding carboxylic acids is 1. The zero-order valence-corrected chi connectivity index (χ0v) is 11.1. The minimum Gasteiger partial charge on any atom is -0.321 e. The Morgan fingerprint density at radius 3 is 2.65 bits per heavy atom. The highest BCUT2D eigenvalue weighted by Crippen LogP contribution is 2.21. The Balaban J connectivity index is 2.18. The van der Waals surface area contributed by atoms with Gasteiger partial charge >= 0.3 is 0 Å². The number of aromatic nitrogens is 2. The van der Waals surface area contributed by atoms with Crippen molar-refractivity contribution < 1.29 is 9.72 Å². The number of benzene rings is 1. The minimum atomic E-state index is -0.481. The molecule has 1 heterocycles. The lowest BCUT2D eigenvalue weighted by Crippen LogP contribution is -2.14. The summed E-state index contributed by atoms with van der Waals surface area (Å²) in [6.07, 6.45) is 2.51. The monoisotopic (exact) mass is 292 g/mol. The van der Waals surface area contributed by atoms with Crippen LogP contribution in [0.4, 0.5) is 11.4 Å². The molecule has 0 spiro atoms. The van der Waals surface area contributed by atoms with Gasteiger partial charge in [0.2, 0.25) is 0 Å². The van der Waals surface area contributed by atoms with Crippen molar-refractivity contribution in [2.24, 2.45) is 0 Å². The number of nitro groups is 1. The molecule has 102 valence electrons. The van der Waals surface area contributed by atoms with Crippen LogP contribution < -0.4 is 5.32 Å². The number of anilines is 1. The molecule has 0 aliphatic heterocycles. The lowest BCUT2D eigenvalue weighted by molar-refractivity contribution is -0.385. The van der Waals surface area contributed by atoms with E-state index in [0.717, 1.165) is 0 Å². The third kappa shape index (κ3) is 3.07. The third-order valence-electron chi connectivity index (χ3n) is 2.50. The molecule has 7 nitrogen and oxygen atoms in total. The number of carbonyl (C=O) groups is 1. The molecule has 0 aliphatic rings. The maximum absolute atomic E-state index is 11.9. The van der Waals surface area contributed by atoms with E-state index >= 15 is 0 Å². The van der Waals surface area contributed by atoms with E-state index in [0.29, 0.717) is 11.3 Å². The molecule has 1 aromatic heterocycles. The number of rotatable bonds is 3. The quantitative estimate of drug-likeness (QED) is 0.692. The number of aryl methyl sites for hydroxylation is 1. The van der Waals surface area contributed by atoms with E-state index in [1.807, 2.05) is 0 Å². The molecule has 0 bridgehead atoms. The number of nitro benzene ring substituents is 1. The third-order valence-corrected chi connectivity index (χ3v) is 2.70. The number of nitrogens with one attached hydrogen (secondary N) is 1. The largest absolute Gasteiger partial charge is 0.321 e. The molecule has 0 saturated heterocycles. The van der Waals surface area contributed by atoms with Gasteiger partial charge < -0.3 is 5.32 Å². The number of halogens is 1. The van der Waals surface area contributed by atoms with Crippen molar-refractivity contribution in [2.75, 3.05) is 5.32 Å². The molecule has 0 saturated carbocycles. The van der Waals surface area contributed by atoms with Crippen molar-refractivity contribution in [3.05, 3.63) is 57.1 Å². The summed E-state index contributed by atoms with van der Waals surface area (Å²) in [5, 5.41) is 13.5. The fourth-order valence-electron chi connectivity index (χ4n) is 1.56. The van der Waals surface area contributed by atoms with Gasteiger partial charge in [0.15, 0.2) is 0 Å². The van der Waals surface area contributed by atoms with Gasteiger partial charge in [-0.3, -0.25) is 14.9 Å². The predicted octanol–water partition coefficient (Wildman–Crippen LogP) is 2.60. The fourth-order valence-corrected chi connectivity index (χ4v) is 1.66. The Kier molecular flexibility index (Phi) is 3.90. The summed E-state index contributed by atoms with van der Waals surface area (Å²) >= 11 is 5.58. The van der Waals surface area contributed by atoms with E-state index in [2.05, 4.69) is 15.3 Å². The van der Waals surface area contributed by atoms with Crippen LogP contribution in [0.15, 0.2) is 30.6 Å². The predicted molar refractivity (Wildman–Crippen MR) is 72.8 cm³/mol. The van der Waals surface area contributed by atoms with Crippen LogP contribution in [-0.2, 0) is 0 Å². The Labute approximate surface area is 118 Å². The van der Waals surface area contributed by atoms with Gasteiger partial charge in [-0.1, -0.05) is 11.6 Å². The summed E-state index contributed by atoms with van der Waals surface area (Å²) < 4.78 is 0. The number of hydrogen-bond acceptors (Lipinski definition) is 5. The number of nitrogens with zero attached hydrogens (tertiary/aromatic N) is 3. The zero-order chi connectivity index (χ0) is 14.7. The first-order chi connectivity index (χ1) is 9.47. The zero-order valence-electron chi connectivity index (χ0n) is 10.3. The van der Waals surface area contributed by atoms with Crippen LogP contribution in [0, 0.1) is 17.0 Å². The van der Waals surface area contributed by atoms with Crippen LogP contribution in [0.1, 0.15) is 16.1 Å². The van der Waals surface area contributed by atoms with Gasteiger partial charge in [-0.2, -0.15) is 0 Å². The molecular formula is C12H9ClN4O3. The normalized spacial score (nSPS) is 10.1. The SMILES string of the molecule is Cc1cc(NC(=O)c2cnc(Cl)cn2)ccc1[N+](=O)[O-]. The van der Waals surface area contributed by atoms with Gasteiger partial charge in [0, 0.05) is 17.3 Å². The molecule has 2 aromatic rings. The van der Waals surface area contributed by atoms with E-state index in [9.17, 15) is 14.9 Å². The topological polar surface area (TPSA) is 98.0 Å². The molecule has 1 N–H and O–H groups in total. The Bertz CT molecular complexity index is 673. The molecule has 0 atom stereocenters. The molecule has 20 heavy (non-hydrogen) atoms. The lowest BCUT2D eigenvalue weighted by Gasteiger charge is -2.05. The van der Waals surface area contributed by atoms with Gasteiger partial charge in [-0.15, -0.1) is 0 Å². The van der Waals surface area contributed by atoms with Crippen LogP contribution >= 0.6 is 11.6 Å². The molecular weight excluding hydrogens is 284 g/mol. The molecule has 0 fully saturated rings. The van der Waals surface area contributed by atoms with Crippen LogP contribution in [0.25, 0.3) is 0 Å². The molecule has 8 heteroatoms.